The zero-order valence-corrected chi connectivity index (χ0v) is 22.1. The average Bonchev–Trinajstić information content (AvgIpc) is 3.41. The summed E-state index contributed by atoms with van der Waals surface area (Å²) in [5.41, 5.74) is 12.1. The number of esters is 2. The first-order valence-corrected chi connectivity index (χ1v) is 12.5. The molecule has 1 aliphatic heterocycles. The van der Waals surface area contributed by atoms with Crippen molar-refractivity contribution >= 4 is 17.7 Å². The molecule has 0 fully saturated rings. The second-order valence-corrected chi connectivity index (χ2v) is 8.70. The summed E-state index contributed by atoms with van der Waals surface area (Å²) in [5.74, 6) is -0.193. The van der Waals surface area contributed by atoms with Gasteiger partial charge < -0.3 is 24.5 Å². The van der Waals surface area contributed by atoms with Gasteiger partial charge >= 0.3 is 17.7 Å². The van der Waals surface area contributed by atoms with E-state index < -0.39 is 11.9 Å². The molecule has 8 heteroatoms. The first-order chi connectivity index (χ1) is 19.6. The number of hydrogen-bond acceptors (Lipinski definition) is 6. The normalized spacial score (nSPS) is 14.8. The molecule has 0 spiro atoms. The smallest absolute Gasteiger partial charge is 0.422 e. The highest BCUT2D eigenvalue weighted by Gasteiger charge is 2.41. The number of fused-ring (bicyclic) bond motifs is 1. The lowest BCUT2D eigenvalue weighted by Crippen LogP contribution is -2.20. The molecule has 0 aromatic heterocycles. The SMILES string of the molecule is COC(=O)C(=[N+]=[N-])c1ccccc1OCc1ccccc1.COC(=O)[C@H]1c2ccccc2O[C@H]1c1ccccc1. The van der Waals surface area contributed by atoms with E-state index in [1.807, 2.05) is 84.9 Å². The quantitative estimate of drug-likeness (QED) is 0.133. The van der Waals surface area contributed by atoms with Crippen LogP contribution in [-0.2, 0) is 25.7 Å². The fourth-order valence-electron chi connectivity index (χ4n) is 4.32. The van der Waals surface area contributed by atoms with Gasteiger partial charge in [0.1, 0.15) is 35.7 Å². The van der Waals surface area contributed by atoms with Crippen molar-refractivity contribution in [2.45, 2.75) is 18.6 Å². The molecule has 0 radical (unpaired) electrons. The van der Waals surface area contributed by atoms with Crippen LogP contribution in [0.5, 0.6) is 11.5 Å². The van der Waals surface area contributed by atoms with Crippen molar-refractivity contribution in [2.24, 2.45) is 0 Å². The number of carbonyl (C=O) groups excluding carboxylic acids is 2. The summed E-state index contributed by atoms with van der Waals surface area (Å²) in [6.07, 6.45) is -0.314. The van der Waals surface area contributed by atoms with Crippen LogP contribution in [0.25, 0.3) is 5.53 Å². The highest BCUT2D eigenvalue weighted by atomic mass is 16.5. The topological polar surface area (TPSA) is 107 Å². The van der Waals surface area contributed by atoms with Crippen LogP contribution in [0.1, 0.15) is 34.3 Å². The molecule has 2 atom stereocenters. The molecule has 1 aliphatic rings. The fourth-order valence-corrected chi connectivity index (χ4v) is 4.32. The molecule has 0 saturated carbocycles. The minimum atomic E-state index is -0.728. The molecule has 0 N–H and O–H groups in total. The van der Waals surface area contributed by atoms with Gasteiger partial charge in [0.2, 0.25) is 0 Å². The Morgan fingerprint density at radius 1 is 0.800 bits per heavy atom. The van der Waals surface area contributed by atoms with E-state index in [9.17, 15) is 9.59 Å². The number of carbonyl (C=O) groups is 2. The summed E-state index contributed by atoms with van der Waals surface area (Å²) >= 11 is 0. The molecule has 4 aromatic rings. The molecule has 202 valence electrons. The van der Waals surface area contributed by atoms with Crippen molar-refractivity contribution in [3.8, 4) is 11.5 Å². The van der Waals surface area contributed by atoms with E-state index in [-0.39, 0.29) is 17.8 Å². The van der Waals surface area contributed by atoms with E-state index in [0.29, 0.717) is 17.9 Å². The van der Waals surface area contributed by atoms with Crippen LogP contribution in [0.2, 0.25) is 0 Å². The molecule has 4 aromatic carbocycles. The average molecular weight is 537 g/mol. The second-order valence-electron chi connectivity index (χ2n) is 8.70. The van der Waals surface area contributed by atoms with Gasteiger partial charge in [-0.15, -0.1) is 0 Å². The molecule has 0 amide bonds. The van der Waals surface area contributed by atoms with E-state index in [1.165, 1.54) is 14.2 Å². The summed E-state index contributed by atoms with van der Waals surface area (Å²) in [6.45, 7) is 0.345. The van der Waals surface area contributed by atoms with Crippen molar-refractivity contribution in [1.29, 1.82) is 0 Å². The highest BCUT2D eigenvalue weighted by Crippen LogP contribution is 2.46. The molecular weight excluding hydrogens is 508 g/mol. The van der Waals surface area contributed by atoms with Crippen LogP contribution < -0.4 is 9.47 Å². The van der Waals surface area contributed by atoms with E-state index in [1.54, 1.807) is 24.3 Å². The predicted octanol–water partition coefficient (Wildman–Crippen LogP) is 5.53. The van der Waals surface area contributed by atoms with Crippen molar-refractivity contribution in [1.82, 2.24) is 0 Å². The lowest BCUT2D eigenvalue weighted by Gasteiger charge is -2.17. The van der Waals surface area contributed by atoms with E-state index in [2.05, 4.69) is 9.53 Å². The third kappa shape index (κ3) is 6.43. The molecule has 0 bridgehead atoms. The van der Waals surface area contributed by atoms with Gasteiger partial charge in [0.25, 0.3) is 0 Å². The number of methoxy groups -OCH3 is 2. The van der Waals surface area contributed by atoms with Crippen molar-refractivity contribution in [3.63, 3.8) is 0 Å². The molecule has 8 nitrogen and oxygen atoms in total. The van der Waals surface area contributed by atoms with Crippen LogP contribution in [0, 0.1) is 0 Å². The lowest BCUT2D eigenvalue weighted by molar-refractivity contribution is -0.144. The maximum atomic E-state index is 12.1. The number of para-hydroxylation sites is 2. The van der Waals surface area contributed by atoms with Crippen LogP contribution in [-0.4, -0.2) is 36.7 Å². The molecule has 0 aliphatic carbocycles. The standard InChI is InChI=1S/C16H14N2O3.C16H14O3/c1-20-16(19)15(18-17)13-9-5-6-10-14(13)21-11-12-7-3-2-4-8-12;1-18-16(17)14-12-9-5-6-10-13(12)19-15(14)11-7-3-2-4-8-11/h2-10H,11H2,1H3;2-10,14-15H,1H3/t;14-,15-/m.0/s1. The summed E-state index contributed by atoms with van der Waals surface area (Å²) in [7, 11) is 2.63. The summed E-state index contributed by atoms with van der Waals surface area (Å²) in [6, 6.07) is 33.8. The molecule has 5 rings (SSSR count). The van der Waals surface area contributed by atoms with Crippen molar-refractivity contribution in [2.75, 3.05) is 14.2 Å². The third-order valence-corrected chi connectivity index (χ3v) is 6.25. The Kier molecular flexibility index (Phi) is 9.43. The Morgan fingerprint density at radius 3 is 2.10 bits per heavy atom. The van der Waals surface area contributed by atoms with E-state index in [4.69, 9.17) is 19.7 Å². The summed E-state index contributed by atoms with van der Waals surface area (Å²) in [5, 5.41) is 0. The zero-order valence-electron chi connectivity index (χ0n) is 22.1. The Labute approximate surface area is 232 Å². The summed E-state index contributed by atoms with van der Waals surface area (Å²) < 4.78 is 21.1. The maximum Gasteiger partial charge on any atom is 0.422 e. The Hall–Kier alpha value is -5.20. The van der Waals surface area contributed by atoms with Crippen LogP contribution in [0.3, 0.4) is 0 Å². The zero-order chi connectivity index (χ0) is 28.3. The van der Waals surface area contributed by atoms with Gasteiger partial charge in [-0.3, -0.25) is 4.79 Å². The number of rotatable bonds is 7. The Bertz CT molecular complexity index is 1500. The molecule has 0 saturated heterocycles. The first-order valence-electron chi connectivity index (χ1n) is 12.5. The van der Waals surface area contributed by atoms with Crippen molar-refractivity contribution in [3.05, 3.63) is 137 Å². The Morgan fingerprint density at radius 2 is 1.43 bits per heavy atom. The van der Waals surface area contributed by atoms with Crippen molar-refractivity contribution < 1.29 is 33.3 Å². The number of ether oxygens (including phenoxy) is 4. The van der Waals surface area contributed by atoms with Gasteiger partial charge in [-0.2, -0.15) is 4.79 Å². The Balaban J connectivity index is 0.000000186. The van der Waals surface area contributed by atoms with Gasteiger partial charge in [0.05, 0.1) is 14.2 Å². The molecular formula is C32H28N2O6. The minimum Gasteiger partial charge on any atom is -0.488 e. The van der Waals surface area contributed by atoms with Crippen LogP contribution in [0.15, 0.2) is 109 Å². The van der Waals surface area contributed by atoms with Crippen LogP contribution >= 0.6 is 0 Å². The number of hydrogen-bond donors (Lipinski definition) is 0. The van der Waals surface area contributed by atoms with Gasteiger partial charge in [-0.25, -0.2) is 4.79 Å². The van der Waals surface area contributed by atoms with Gasteiger partial charge in [-0.1, -0.05) is 91.0 Å². The molecule has 40 heavy (non-hydrogen) atoms. The van der Waals surface area contributed by atoms with Gasteiger partial charge in [-0.05, 0) is 29.3 Å². The largest absolute Gasteiger partial charge is 0.488 e. The number of benzene rings is 4. The fraction of sp³-hybridized carbons (Fsp3) is 0.156. The monoisotopic (exact) mass is 536 g/mol. The second kappa shape index (κ2) is 13.6. The van der Waals surface area contributed by atoms with E-state index in [0.717, 1.165) is 22.4 Å². The lowest BCUT2D eigenvalue weighted by atomic mass is 9.91. The highest BCUT2D eigenvalue weighted by molar-refractivity contribution is 6.41. The minimum absolute atomic E-state index is 0.193. The predicted molar refractivity (Wildman–Crippen MR) is 148 cm³/mol. The van der Waals surface area contributed by atoms with Crippen LogP contribution in [0.4, 0.5) is 0 Å². The first kappa shape index (κ1) is 27.8. The number of nitrogens with zero attached hydrogens (tertiary/aromatic N) is 2. The molecule has 0 unspecified atom stereocenters. The third-order valence-electron chi connectivity index (χ3n) is 6.25. The van der Waals surface area contributed by atoms with Gasteiger partial charge in [0.15, 0.2) is 0 Å². The molecule has 1 heterocycles. The summed E-state index contributed by atoms with van der Waals surface area (Å²) in [4.78, 5) is 26.7. The van der Waals surface area contributed by atoms with E-state index >= 15 is 0 Å². The maximum absolute atomic E-state index is 12.1. The van der Waals surface area contributed by atoms with Gasteiger partial charge in [0, 0.05) is 5.56 Å².